The fourth-order valence-corrected chi connectivity index (χ4v) is 2.42. The van der Waals surface area contributed by atoms with E-state index in [9.17, 15) is 0 Å². The Kier molecular flexibility index (Phi) is 7.74. The van der Waals surface area contributed by atoms with Crippen molar-refractivity contribution in [3.63, 3.8) is 0 Å². The maximum atomic E-state index is 4.24. The molecule has 0 aliphatic rings. The van der Waals surface area contributed by atoms with E-state index < -0.39 is 0 Å². The fourth-order valence-electron chi connectivity index (χ4n) is 2.42. The Morgan fingerprint density at radius 3 is 2.61 bits per heavy atom. The summed E-state index contributed by atoms with van der Waals surface area (Å²) in [5.74, 6) is 0. The Balaban J connectivity index is 2.26. The predicted molar refractivity (Wildman–Crippen MR) is 77.8 cm³/mol. The van der Waals surface area contributed by atoms with Crippen LogP contribution in [0.5, 0.6) is 0 Å². The van der Waals surface area contributed by atoms with Crippen molar-refractivity contribution in [2.75, 3.05) is 6.54 Å². The first-order chi connectivity index (χ1) is 8.76. The number of hydrogen-bond donors (Lipinski definition) is 1. The molecule has 1 aromatic heterocycles. The third kappa shape index (κ3) is 6.20. The van der Waals surface area contributed by atoms with Crippen LogP contribution in [0.1, 0.15) is 57.9 Å². The average molecular weight is 251 g/mol. The van der Waals surface area contributed by atoms with E-state index in [4.69, 9.17) is 0 Å². The Bertz CT molecular complexity index is 306. The quantitative estimate of drug-likeness (QED) is 0.647. The summed E-state index contributed by atoms with van der Waals surface area (Å²) in [4.78, 5) is 0. The van der Waals surface area contributed by atoms with Gasteiger partial charge in [-0.1, -0.05) is 46.0 Å². The van der Waals surface area contributed by atoms with Crippen LogP contribution >= 0.6 is 0 Å². The van der Waals surface area contributed by atoms with Gasteiger partial charge in [0.25, 0.3) is 0 Å². The molecular weight excluding hydrogens is 222 g/mol. The number of aryl methyl sites for hydroxylation is 1. The molecule has 0 aliphatic carbocycles. The van der Waals surface area contributed by atoms with Gasteiger partial charge in [-0.2, -0.15) is 5.10 Å². The number of hydrogen-bond acceptors (Lipinski definition) is 2. The van der Waals surface area contributed by atoms with Crippen LogP contribution in [0.2, 0.25) is 0 Å². The molecule has 0 aliphatic heterocycles. The van der Waals surface area contributed by atoms with E-state index in [0.717, 1.165) is 13.0 Å². The number of likely N-dealkylation sites (N-methyl/N-ethyl adjacent to an activating group) is 1. The van der Waals surface area contributed by atoms with Crippen molar-refractivity contribution in [1.29, 1.82) is 0 Å². The first kappa shape index (κ1) is 15.2. The first-order valence-electron chi connectivity index (χ1n) is 7.47. The van der Waals surface area contributed by atoms with Gasteiger partial charge in [-0.25, -0.2) is 0 Å². The monoisotopic (exact) mass is 251 g/mol. The van der Waals surface area contributed by atoms with Gasteiger partial charge in [-0.15, -0.1) is 0 Å². The Hall–Kier alpha value is -0.830. The molecule has 3 heteroatoms. The lowest BCUT2D eigenvalue weighted by Crippen LogP contribution is -2.30. The van der Waals surface area contributed by atoms with E-state index in [0.29, 0.717) is 6.04 Å². The molecule has 1 aromatic rings. The zero-order valence-corrected chi connectivity index (χ0v) is 12.3. The number of rotatable bonds is 10. The number of unbranched alkanes of at least 4 members (excludes halogenated alkanes) is 4. The van der Waals surface area contributed by atoms with Gasteiger partial charge in [-0.05, 0) is 24.9 Å². The third-order valence-electron chi connectivity index (χ3n) is 3.39. The van der Waals surface area contributed by atoms with E-state index in [1.807, 2.05) is 17.9 Å². The molecule has 1 atom stereocenters. The van der Waals surface area contributed by atoms with E-state index >= 15 is 0 Å². The minimum Gasteiger partial charge on any atom is -0.314 e. The van der Waals surface area contributed by atoms with Crippen molar-refractivity contribution in [1.82, 2.24) is 15.1 Å². The second kappa shape index (κ2) is 9.15. The number of nitrogens with zero attached hydrogens (tertiary/aromatic N) is 2. The largest absolute Gasteiger partial charge is 0.314 e. The summed E-state index contributed by atoms with van der Waals surface area (Å²) in [5.41, 5.74) is 1.34. The van der Waals surface area contributed by atoms with E-state index in [-0.39, 0.29) is 0 Å². The molecule has 0 radical (unpaired) electrons. The molecule has 0 bridgehead atoms. The smallest absolute Gasteiger partial charge is 0.0522 e. The Morgan fingerprint density at radius 2 is 2.00 bits per heavy atom. The van der Waals surface area contributed by atoms with E-state index in [1.54, 1.807) is 0 Å². The van der Waals surface area contributed by atoms with Crippen LogP contribution in [-0.4, -0.2) is 22.4 Å². The standard InChI is InChI=1S/C15H29N3/c1-4-6-7-8-9-10-15(16-5-2)11-14-12-17-18(3)13-14/h12-13,15-16H,4-11H2,1-3H3. The summed E-state index contributed by atoms with van der Waals surface area (Å²) in [6.07, 6.45) is 13.3. The van der Waals surface area contributed by atoms with Crippen molar-refractivity contribution in [3.05, 3.63) is 18.0 Å². The summed E-state index contributed by atoms with van der Waals surface area (Å²) in [5, 5.41) is 7.83. The minimum absolute atomic E-state index is 0.612. The van der Waals surface area contributed by atoms with Gasteiger partial charge in [0.1, 0.15) is 0 Å². The lowest BCUT2D eigenvalue weighted by molar-refractivity contribution is 0.461. The first-order valence-corrected chi connectivity index (χ1v) is 7.47. The lowest BCUT2D eigenvalue weighted by atomic mass is 10.0. The van der Waals surface area contributed by atoms with Crippen molar-refractivity contribution < 1.29 is 0 Å². The molecule has 1 heterocycles. The van der Waals surface area contributed by atoms with Crippen molar-refractivity contribution in [2.24, 2.45) is 7.05 Å². The molecule has 18 heavy (non-hydrogen) atoms. The highest BCUT2D eigenvalue weighted by Crippen LogP contribution is 2.11. The van der Waals surface area contributed by atoms with Crippen LogP contribution in [0, 0.1) is 0 Å². The Morgan fingerprint density at radius 1 is 1.22 bits per heavy atom. The third-order valence-corrected chi connectivity index (χ3v) is 3.39. The van der Waals surface area contributed by atoms with Crippen LogP contribution in [-0.2, 0) is 13.5 Å². The molecule has 0 spiro atoms. The predicted octanol–water partition coefficient (Wildman–Crippen LogP) is 3.30. The molecule has 1 N–H and O–H groups in total. The SMILES string of the molecule is CCCCCCCC(Cc1cnn(C)c1)NCC. The molecular formula is C15H29N3. The van der Waals surface area contributed by atoms with Gasteiger partial charge >= 0.3 is 0 Å². The maximum absolute atomic E-state index is 4.24. The molecule has 1 unspecified atom stereocenters. The van der Waals surface area contributed by atoms with Crippen molar-refractivity contribution in [2.45, 2.75) is 64.8 Å². The van der Waals surface area contributed by atoms with Crippen LogP contribution in [0.3, 0.4) is 0 Å². The molecule has 3 nitrogen and oxygen atoms in total. The molecule has 0 saturated heterocycles. The van der Waals surface area contributed by atoms with E-state index in [1.165, 1.54) is 44.1 Å². The second-order valence-electron chi connectivity index (χ2n) is 5.18. The zero-order chi connectivity index (χ0) is 13.2. The molecule has 0 amide bonds. The second-order valence-corrected chi connectivity index (χ2v) is 5.18. The normalized spacial score (nSPS) is 12.8. The molecule has 0 fully saturated rings. The summed E-state index contributed by atoms with van der Waals surface area (Å²) in [7, 11) is 1.98. The van der Waals surface area contributed by atoms with Crippen LogP contribution in [0.25, 0.3) is 0 Å². The van der Waals surface area contributed by atoms with Gasteiger partial charge in [-0.3, -0.25) is 4.68 Å². The molecule has 104 valence electrons. The molecule has 0 aromatic carbocycles. The molecule has 1 rings (SSSR count). The van der Waals surface area contributed by atoms with Crippen molar-refractivity contribution >= 4 is 0 Å². The van der Waals surface area contributed by atoms with Gasteiger partial charge in [0.05, 0.1) is 6.20 Å². The fraction of sp³-hybridized carbons (Fsp3) is 0.800. The summed E-state index contributed by atoms with van der Waals surface area (Å²) >= 11 is 0. The number of aromatic nitrogens is 2. The molecule has 0 saturated carbocycles. The highest BCUT2D eigenvalue weighted by molar-refractivity contribution is 5.05. The highest BCUT2D eigenvalue weighted by atomic mass is 15.2. The van der Waals surface area contributed by atoms with Crippen molar-refractivity contribution in [3.8, 4) is 0 Å². The summed E-state index contributed by atoms with van der Waals surface area (Å²) in [6, 6.07) is 0.612. The maximum Gasteiger partial charge on any atom is 0.0522 e. The highest BCUT2D eigenvalue weighted by Gasteiger charge is 2.09. The average Bonchev–Trinajstić information content (AvgIpc) is 2.75. The van der Waals surface area contributed by atoms with Crippen LogP contribution < -0.4 is 5.32 Å². The van der Waals surface area contributed by atoms with Gasteiger partial charge in [0, 0.05) is 19.3 Å². The minimum atomic E-state index is 0.612. The van der Waals surface area contributed by atoms with Gasteiger partial charge in [0.2, 0.25) is 0 Å². The van der Waals surface area contributed by atoms with E-state index in [2.05, 4.69) is 30.5 Å². The zero-order valence-electron chi connectivity index (χ0n) is 12.3. The topological polar surface area (TPSA) is 29.9 Å². The van der Waals surface area contributed by atoms with Gasteiger partial charge in [0.15, 0.2) is 0 Å². The lowest BCUT2D eigenvalue weighted by Gasteiger charge is -2.16. The van der Waals surface area contributed by atoms with Gasteiger partial charge < -0.3 is 5.32 Å². The Labute approximate surface area is 112 Å². The number of nitrogens with one attached hydrogen (secondary N) is 1. The summed E-state index contributed by atoms with van der Waals surface area (Å²) < 4.78 is 1.89. The van der Waals surface area contributed by atoms with Crippen LogP contribution in [0.15, 0.2) is 12.4 Å². The van der Waals surface area contributed by atoms with Crippen LogP contribution in [0.4, 0.5) is 0 Å². The summed E-state index contributed by atoms with van der Waals surface area (Å²) in [6.45, 7) is 5.51.